The number of halogens is 3. The lowest BCUT2D eigenvalue weighted by Crippen LogP contribution is -2.46. The van der Waals surface area contributed by atoms with Crippen molar-refractivity contribution in [3.8, 4) is 0 Å². The van der Waals surface area contributed by atoms with Gasteiger partial charge in [0.2, 0.25) is 5.95 Å². The third-order valence-corrected chi connectivity index (χ3v) is 8.05. The number of hydrogen-bond acceptors (Lipinski definition) is 7. The van der Waals surface area contributed by atoms with Gasteiger partial charge in [0.25, 0.3) is 5.92 Å². The van der Waals surface area contributed by atoms with Gasteiger partial charge in [-0.05, 0) is 37.0 Å². The standard InChI is InChI=1S/C26H31ClF2N6O/c1-15-13-35(9-8-26(15,28)29)25-30-12-19(27)24(33-25)31-17-5-6-21-18(11-17)23-22(14-34(21)2)36-10-7-20(32-23)16-3-4-16/h5-6,11-12,15-16,20,32H,3-4,7-10,13-14H2,1-2H3,(H,30,31,33)/t15-,20+/m0/s1. The summed E-state index contributed by atoms with van der Waals surface area (Å²) >= 11 is 6.44. The monoisotopic (exact) mass is 516 g/mol. The molecule has 36 heavy (non-hydrogen) atoms. The van der Waals surface area contributed by atoms with E-state index in [4.69, 9.17) is 16.3 Å². The summed E-state index contributed by atoms with van der Waals surface area (Å²) in [5.74, 6) is -0.883. The normalized spacial score (nSPS) is 25.4. The number of alkyl halides is 2. The van der Waals surface area contributed by atoms with Crippen LogP contribution in [-0.4, -0.2) is 55.2 Å². The molecule has 10 heteroatoms. The Morgan fingerprint density at radius 1 is 1.25 bits per heavy atom. The molecular weight excluding hydrogens is 486 g/mol. The third-order valence-electron chi connectivity index (χ3n) is 7.77. The van der Waals surface area contributed by atoms with Crippen molar-refractivity contribution in [3.05, 3.63) is 40.7 Å². The first-order chi connectivity index (χ1) is 17.3. The van der Waals surface area contributed by atoms with Crippen molar-refractivity contribution >= 4 is 40.4 Å². The zero-order chi connectivity index (χ0) is 25.0. The number of benzene rings is 1. The van der Waals surface area contributed by atoms with Crippen LogP contribution in [0.15, 0.2) is 30.2 Å². The van der Waals surface area contributed by atoms with Gasteiger partial charge in [-0.15, -0.1) is 0 Å². The van der Waals surface area contributed by atoms with Gasteiger partial charge in [0, 0.05) is 61.9 Å². The van der Waals surface area contributed by atoms with Gasteiger partial charge in [0.1, 0.15) is 10.8 Å². The van der Waals surface area contributed by atoms with Crippen LogP contribution in [0.4, 0.5) is 31.9 Å². The molecule has 1 aromatic carbocycles. The summed E-state index contributed by atoms with van der Waals surface area (Å²) in [5.41, 5.74) is 4.10. The van der Waals surface area contributed by atoms with E-state index in [0.717, 1.165) is 53.9 Å². The highest BCUT2D eigenvalue weighted by Gasteiger charge is 2.42. The van der Waals surface area contributed by atoms with Crippen molar-refractivity contribution in [2.45, 2.75) is 44.6 Å². The first-order valence-corrected chi connectivity index (χ1v) is 13.1. The molecule has 1 aliphatic carbocycles. The minimum absolute atomic E-state index is 0.198. The van der Waals surface area contributed by atoms with Gasteiger partial charge < -0.3 is 25.2 Å². The fourth-order valence-corrected chi connectivity index (χ4v) is 5.51. The lowest BCUT2D eigenvalue weighted by atomic mass is 9.96. The van der Waals surface area contributed by atoms with Gasteiger partial charge in [-0.25, -0.2) is 13.8 Å². The van der Waals surface area contributed by atoms with E-state index in [1.54, 1.807) is 11.8 Å². The summed E-state index contributed by atoms with van der Waals surface area (Å²) in [6.45, 7) is 3.42. The molecule has 4 aliphatic rings. The zero-order valence-corrected chi connectivity index (χ0v) is 21.3. The van der Waals surface area contributed by atoms with Crippen LogP contribution < -0.4 is 20.4 Å². The molecule has 0 unspecified atom stereocenters. The van der Waals surface area contributed by atoms with Gasteiger partial charge in [0.05, 0.1) is 25.0 Å². The van der Waals surface area contributed by atoms with Gasteiger partial charge in [-0.3, -0.25) is 0 Å². The second kappa shape index (κ2) is 8.94. The van der Waals surface area contributed by atoms with E-state index >= 15 is 0 Å². The summed E-state index contributed by atoms with van der Waals surface area (Å²) in [6, 6.07) is 6.61. The van der Waals surface area contributed by atoms with E-state index in [9.17, 15) is 8.78 Å². The van der Waals surface area contributed by atoms with Gasteiger partial charge >= 0.3 is 0 Å². The number of nitrogens with one attached hydrogen (secondary N) is 2. The van der Waals surface area contributed by atoms with Crippen LogP contribution in [0.5, 0.6) is 0 Å². The number of hydrogen-bond donors (Lipinski definition) is 2. The minimum atomic E-state index is -2.66. The largest absolute Gasteiger partial charge is 0.494 e. The molecule has 1 saturated carbocycles. The number of fused-ring (bicyclic) bond motifs is 2. The Balaban J connectivity index is 1.28. The van der Waals surface area contributed by atoms with E-state index in [0.29, 0.717) is 22.8 Å². The average molecular weight is 517 g/mol. The predicted molar refractivity (Wildman–Crippen MR) is 138 cm³/mol. The van der Waals surface area contributed by atoms with Crippen molar-refractivity contribution in [2.75, 3.05) is 48.4 Å². The first kappa shape index (κ1) is 23.6. The molecule has 2 atom stereocenters. The Kier molecular flexibility index (Phi) is 5.85. The maximum atomic E-state index is 14.0. The molecule has 7 nitrogen and oxygen atoms in total. The molecule has 192 valence electrons. The zero-order valence-electron chi connectivity index (χ0n) is 20.5. The summed E-state index contributed by atoms with van der Waals surface area (Å²) in [5, 5.41) is 7.51. The molecule has 4 heterocycles. The Morgan fingerprint density at radius 3 is 2.86 bits per heavy atom. The Hall–Kier alpha value is -2.81. The molecule has 2 N–H and O–H groups in total. The second-order valence-corrected chi connectivity index (χ2v) is 10.9. The number of anilines is 4. The molecule has 1 saturated heterocycles. The molecule has 6 rings (SSSR count). The van der Waals surface area contributed by atoms with Crippen LogP contribution in [0.1, 0.15) is 38.2 Å². The second-order valence-electron chi connectivity index (χ2n) is 10.5. The maximum Gasteiger partial charge on any atom is 0.254 e. The molecule has 0 bridgehead atoms. The first-order valence-electron chi connectivity index (χ1n) is 12.7. The maximum absolute atomic E-state index is 14.0. The van der Waals surface area contributed by atoms with Gasteiger partial charge in [0.15, 0.2) is 5.82 Å². The van der Waals surface area contributed by atoms with Crippen molar-refractivity contribution in [3.63, 3.8) is 0 Å². The fraction of sp³-hybridized carbons (Fsp3) is 0.538. The van der Waals surface area contributed by atoms with E-state index < -0.39 is 11.8 Å². The SMILES string of the molecule is C[C@H]1CN(c2ncc(Cl)c(Nc3ccc4c(c3)C3=C(CN4C)OCC[C@H](C4CC4)N3)n2)CCC1(F)F. The van der Waals surface area contributed by atoms with Crippen molar-refractivity contribution in [2.24, 2.45) is 11.8 Å². The Bertz CT molecular complexity index is 1200. The topological polar surface area (TPSA) is 65.6 Å². The van der Waals surface area contributed by atoms with E-state index in [-0.39, 0.29) is 19.5 Å². The van der Waals surface area contributed by atoms with Crippen molar-refractivity contribution in [1.29, 1.82) is 0 Å². The van der Waals surface area contributed by atoms with E-state index in [1.807, 2.05) is 6.07 Å². The van der Waals surface area contributed by atoms with Crippen LogP contribution in [0, 0.1) is 11.8 Å². The summed E-state index contributed by atoms with van der Waals surface area (Å²) in [7, 11) is 2.07. The number of ether oxygens (including phenoxy) is 1. The lowest BCUT2D eigenvalue weighted by Gasteiger charge is -2.36. The van der Waals surface area contributed by atoms with Crippen molar-refractivity contribution in [1.82, 2.24) is 15.3 Å². The molecule has 2 fully saturated rings. The van der Waals surface area contributed by atoms with Crippen LogP contribution in [0.3, 0.4) is 0 Å². The molecule has 0 amide bonds. The van der Waals surface area contributed by atoms with Crippen LogP contribution in [0.2, 0.25) is 5.02 Å². The molecule has 2 aromatic rings. The smallest absolute Gasteiger partial charge is 0.254 e. The molecule has 0 spiro atoms. The summed E-state index contributed by atoms with van der Waals surface area (Å²) < 4.78 is 34.1. The number of aromatic nitrogens is 2. The Morgan fingerprint density at radius 2 is 2.08 bits per heavy atom. The van der Waals surface area contributed by atoms with Crippen molar-refractivity contribution < 1.29 is 13.5 Å². The average Bonchev–Trinajstić information content (AvgIpc) is 3.69. The number of likely N-dealkylation sites (N-methyl/N-ethyl adjacent to an activating group) is 1. The molecular formula is C26H31ClF2N6O. The van der Waals surface area contributed by atoms with Crippen LogP contribution in [-0.2, 0) is 4.74 Å². The molecule has 3 aliphatic heterocycles. The predicted octanol–water partition coefficient (Wildman–Crippen LogP) is 5.26. The van der Waals surface area contributed by atoms with E-state index in [2.05, 4.69) is 44.7 Å². The van der Waals surface area contributed by atoms with E-state index in [1.165, 1.54) is 19.0 Å². The number of rotatable bonds is 4. The molecule has 1 aromatic heterocycles. The van der Waals surface area contributed by atoms with Gasteiger partial charge in [-0.2, -0.15) is 4.98 Å². The van der Waals surface area contributed by atoms with Gasteiger partial charge in [-0.1, -0.05) is 18.5 Å². The Labute approximate surface area is 214 Å². The summed E-state index contributed by atoms with van der Waals surface area (Å²) in [4.78, 5) is 12.9. The highest BCUT2D eigenvalue weighted by atomic mass is 35.5. The summed E-state index contributed by atoms with van der Waals surface area (Å²) in [6.07, 6.45) is 4.87. The number of nitrogens with zero attached hydrogens (tertiary/aromatic N) is 4. The number of piperidine rings is 1. The minimum Gasteiger partial charge on any atom is -0.494 e. The third kappa shape index (κ3) is 4.42. The van der Waals surface area contributed by atoms with Crippen LogP contribution >= 0.6 is 11.6 Å². The fourth-order valence-electron chi connectivity index (χ4n) is 5.37. The van der Waals surface area contributed by atoms with Crippen LogP contribution in [0.25, 0.3) is 5.70 Å². The highest BCUT2D eigenvalue weighted by molar-refractivity contribution is 6.32. The quantitative estimate of drug-likeness (QED) is 0.574. The molecule has 0 radical (unpaired) electrons. The lowest BCUT2D eigenvalue weighted by molar-refractivity contribution is -0.0653. The highest BCUT2D eigenvalue weighted by Crippen LogP contribution is 2.41.